The van der Waals surface area contributed by atoms with Crippen molar-refractivity contribution in [2.45, 2.75) is 50.7 Å². The summed E-state index contributed by atoms with van der Waals surface area (Å²) in [6.07, 6.45) is 5.14. The van der Waals surface area contributed by atoms with Crippen LogP contribution in [0.1, 0.15) is 61.8 Å². The zero-order chi connectivity index (χ0) is 20.7. The minimum atomic E-state index is -0.354. The second-order valence-electron chi connectivity index (χ2n) is 11.7. The molecule has 6 aliphatic rings. The van der Waals surface area contributed by atoms with Gasteiger partial charge in [-0.2, -0.15) is 0 Å². The molecule has 1 nitrogen and oxygen atoms in total. The first kappa shape index (κ1) is 17.2. The summed E-state index contributed by atoms with van der Waals surface area (Å²) in [5.74, 6) is 0. The molecule has 4 aliphatic carbocycles. The lowest BCUT2D eigenvalue weighted by Gasteiger charge is -2.51. The van der Waals surface area contributed by atoms with Gasteiger partial charge in [0.2, 0.25) is 0 Å². The fourth-order valence-electron chi connectivity index (χ4n) is 10.1. The topological polar surface area (TPSA) is 9.23 Å². The van der Waals surface area contributed by atoms with Gasteiger partial charge in [0.1, 0.15) is 11.2 Å². The van der Waals surface area contributed by atoms with E-state index in [4.69, 9.17) is 4.74 Å². The fraction of sp³-hybridized carbons (Fsp3) is 0.400. The van der Waals surface area contributed by atoms with Crippen LogP contribution in [-0.4, -0.2) is 0 Å². The lowest BCUT2D eigenvalue weighted by molar-refractivity contribution is -0.0846. The van der Waals surface area contributed by atoms with Gasteiger partial charge in [0.05, 0.1) is 0 Å². The van der Waals surface area contributed by atoms with Crippen LogP contribution in [0.3, 0.4) is 0 Å². The predicted octanol–water partition coefficient (Wildman–Crippen LogP) is 6.80. The Morgan fingerprint density at radius 1 is 0.516 bits per heavy atom. The quantitative estimate of drug-likeness (QED) is 0.456. The Labute approximate surface area is 184 Å². The van der Waals surface area contributed by atoms with Crippen LogP contribution in [-0.2, 0) is 15.9 Å². The predicted molar refractivity (Wildman–Crippen MR) is 122 cm³/mol. The third kappa shape index (κ3) is 1.38. The Morgan fingerprint density at radius 3 is 1.26 bits per heavy atom. The smallest absolute Gasteiger partial charge is 0.126 e. The Morgan fingerprint density at radius 2 is 0.871 bits per heavy atom. The lowest BCUT2D eigenvalue weighted by atomic mass is 9.47. The maximum Gasteiger partial charge on any atom is 0.126 e. The van der Waals surface area contributed by atoms with Crippen molar-refractivity contribution in [2.24, 2.45) is 21.7 Å². The number of hydrogen-bond donors (Lipinski definition) is 0. The van der Waals surface area contributed by atoms with Crippen LogP contribution in [0.5, 0.6) is 0 Å². The molecule has 6 bridgehead atoms. The van der Waals surface area contributed by atoms with Gasteiger partial charge in [0.15, 0.2) is 0 Å². The van der Waals surface area contributed by atoms with Gasteiger partial charge in [0, 0.05) is 10.8 Å². The summed E-state index contributed by atoms with van der Waals surface area (Å²) in [6.45, 7) is 5.19. The fourth-order valence-corrected chi connectivity index (χ4v) is 10.1. The van der Waals surface area contributed by atoms with Crippen molar-refractivity contribution in [1.29, 1.82) is 0 Å². The summed E-state index contributed by atoms with van der Waals surface area (Å²) in [4.78, 5) is 0. The van der Waals surface area contributed by atoms with Crippen molar-refractivity contribution in [3.05, 3.63) is 107 Å². The molecule has 0 aromatic heterocycles. The van der Waals surface area contributed by atoms with Crippen molar-refractivity contribution in [1.82, 2.24) is 0 Å². The van der Waals surface area contributed by atoms with E-state index in [0.717, 1.165) is 0 Å². The van der Waals surface area contributed by atoms with E-state index < -0.39 is 0 Å². The first-order valence-electron chi connectivity index (χ1n) is 11.9. The molecule has 0 radical (unpaired) electrons. The van der Waals surface area contributed by atoms with Crippen LogP contribution in [0, 0.1) is 21.7 Å². The highest BCUT2D eigenvalue weighted by Gasteiger charge is 2.96. The Kier molecular flexibility index (Phi) is 2.60. The second-order valence-corrected chi connectivity index (χ2v) is 11.7. The number of rotatable bonds is 2. The Bertz CT molecular complexity index is 1150. The molecular weight excluding hydrogens is 376 g/mol. The standard InChI is InChI=1S/C30H28O/c1-25-17-27-19-26(25,2)20-28(27,18-25)30(22-13-7-4-8-14-22)24-16-10-9-15-23(24)29(27,31-30)21-11-5-3-6-12-21/h3-16H,17-20H2,1-2H3. The van der Waals surface area contributed by atoms with E-state index in [1.165, 1.54) is 47.9 Å². The lowest BCUT2D eigenvalue weighted by Crippen LogP contribution is -2.52. The van der Waals surface area contributed by atoms with E-state index in [2.05, 4.69) is 98.8 Å². The van der Waals surface area contributed by atoms with Crippen LogP contribution in [0.15, 0.2) is 84.9 Å². The van der Waals surface area contributed by atoms with Crippen molar-refractivity contribution in [3.63, 3.8) is 0 Å². The van der Waals surface area contributed by atoms with Gasteiger partial charge in [-0.15, -0.1) is 0 Å². The summed E-state index contributed by atoms with van der Waals surface area (Å²) in [5, 5.41) is 0. The minimum Gasteiger partial charge on any atom is -0.348 e. The molecule has 9 rings (SSSR count). The molecule has 2 unspecified atom stereocenters. The number of benzene rings is 3. The molecule has 3 aromatic rings. The van der Waals surface area contributed by atoms with Gasteiger partial charge < -0.3 is 4.74 Å². The highest BCUT2D eigenvalue weighted by molar-refractivity contribution is 5.64. The van der Waals surface area contributed by atoms with Gasteiger partial charge in [-0.3, -0.25) is 0 Å². The maximum absolute atomic E-state index is 7.71. The normalized spacial score (nSPS) is 47.2. The van der Waals surface area contributed by atoms with Gasteiger partial charge >= 0.3 is 0 Å². The molecule has 4 saturated carbocycles. The monoisotopic (exact) mass is 404 g/mol. The van der Waals surface area contributed by atoms with Crippen LogP contribution in [0.25, 0.3) is 0 Å². The number of ether oxygens (including phenoxy) is 1. The maximum atomic E-state index is 7.71. The zero-order valence-electron chi connectivity index (χ0n) is 18.3. The van der Waals surface area contributed by atoms with E-state index in [9.17, 15) is 0 Å². The van der Waals surface area contributed by atoms with E-state index in [1.807, 2.05) is 0 Å². The third-order valence-corrected chi connectivity index (χ3v) is 10.8. The zero-order valence-corrected chi connectivity index (χ0v) is 18.3. The van der Waals surface area contributed by atoms with Crippen LogP contribution < -0.4 is 0 Å². The molecule has 3 aromatic carbocycles. The molecule has 1 saturated heterocycles. The summed E-state index contributed by atoms with van der Waals surface area (Å²) < 4.78 is 7.71. The molecule has 2 spiro atoms. The number of fused-ring (bicyclic) bond motifs is 5. The van der Waals surface area contributed by atoms with Crippen molar-refractivity contribution >= 4 is 0 Å². The average molecular weight is 405 g/mol. The van der Waals surface area contributed by atoms with E-state index in [0.29, 0.717) is 10.8 Å². The van der Waals surface area contributed by atoms with Gasteiger partial charge in [-0.1, -0.05) is 98.8 Å². The molecule has 5 fully saturated rings. The first-order valence-corrected chi connectivity index (χ1v) is 11.9. The van der Waals surface area contributed by atoms with Crippen molar-refractivity contribution in [3.8, 4) is 0 Å². The highest BCUT2D eigenvalue weighted by atomic mass is 16.5. The molecule has 1 heteroatoms. The molecule has 0 N–H and O–H groups in total. The van der Waals surface area contributed by atoms with E-state index in [1.54, 1.807) is 0 Å². The Hall–Kier alpha value is -2.38. The van der Waals surface area contributed by atoms with Crippen LogP contribution >= 0.6 is 0 Å². The second kappa shape index (κ2) is 4.69. The van der Waals surface area contributed by atoms with Gasteiger partial charge in [0.25, 0.3) is 0 Å². The van der Waals surface area contributed by atoms with E-state index >= 15 is 0 Å². The summed E-state index contributed by atoms with van der Waals surface area (Å²) in [5.41, 5.74) is 5.99. The number of hydrogen-bond acceptors (Lipinski definition) is 1. The molecule has 2 heterocycles. The molecule has 31 heavy (non-hydrogen) atoms. The molecule has 2 aliphatic heterocycles. The first-order chi connectivity index (χ1) is 15.0. The van der Waals surface area contributed by atoms with Crippen LogP contribution in [0.4, 0.5) is 0 Å². The largest absolute Gasteiger partial charge is 0.348 e. The average Bonchev–Trinajstić information content (AvgIpc) is 3.50. The van der Waals surface area contributed by atoms with Gasteiger partial charge in [-0.05, 0) is 58.8 Å². The summed E-state index contributed by atoms with van der Waals surface area (Å²) in [6, 6.07) is 31.6. The third-order valence-electron chi connectivity index (χ3n) is 10.8. The molecule has 0 amide bonds. The van der Waals surface area contributed by atoms with Crippen molar-refractivity contribution in [2.75, 3.05) is 0 Å². The van der Waals surface area contributed by atoms with Crippen molar-refractivity contribution < 1.29 is 4.74 Å². The summed E-state index contributed by atoms with van der Waals surface area (Å²) in [7, 11) is 0. The highest BCUT2D eigenvalue weighted by Crippen LogP contribution is 2.98. The minimum absolute atomic E-state index is 0.162. The molecule has 2 atom stereocenters. The molecular formula is C30H28O. The SMILES string of the molecule is CC12CC34CC1(C)CC3(C2)C1(c2ccccc2)OC4(c2ccccc2)c2ccccc21. The van der Waals surface area contributed by atoms with Crippen LogP contribution in [0.2, 0.25) is 0 Å². The van der Waals surface area contributed by atoms with E-state index in [-0.39, 0.29) is 22.0 Å². The summed E-state index contributed by atoms with van der Waals surface area (Å²) >= 11 is 0. The van der Waals surface area contributed by atoms with Gasteiger partial charge in [-0.25, -0.2) is 0 Å². The molecule has 154 valence electrons. The Balaban J connectivity index is 1.57.